The van der Waals surface area contributed by atoms with Gasteiger partial charge in [0.2, 0.25) is 10.0 Å². The van der Waals surface area contributed by atoms with E-state index < -0.39 is 15.9 Å². The van der Waals surface area contributed by atoms with E-state index in [4.69, 9.17) is 0 Å². The highest BCUT2D eigenvalue weighted by Crippen LogP contribution is 2.27. The van der Waals surface area contributed by atoms with Crippen molar-refractivity contribution in [3.63, 3.8) is 0 Å². The minimum atomic E-state index is -3.67. The summed E-state index contributed by atoms with van der Waals surface area (Å²) in [5.41, 5.74) is 1.35. The average molecular weight is 483 g/mol. The Morgan fingerprint density at radius 2 is 1.71 bits per heavy atom. The predicted molar refractivity (Wildman–Crippen MR) is 130 cm³/mol. The molecule has 4 rings (SSSR count). The Bertz CT molecular complexity index is 1290. The number of nitrogens with zero attached hydrogens (tertiary/aromatic N) is 5. The summed E-state index contributed by atoms with van der Waals surface area (Å²) < 4.78 is 29.5. The topological polar surface area (TPSA) is 110 Å². The molecule has 0 spiro atoms. The quantitative estimate of drug-likeness (QED) is 0.594. The number of carbonyl (C=O) groups is 1. The molecule has 0 aliphatic carbocycles. The van der Waals surface area contributed by atoms with Gasteiger partial charge in [0.05, 0.1) is 10.6 Å². The van der Waals surface area contributed by atoms with Crippen molar-refractivity contribution in [2.75, 3.05) is 18.4 Å². The van der Waals surface area contributed by atoms with E-state index in [-0.39, 0.29) is 15.9 Å². The molecule has 0 saturated carbocycles. The second-order valence-corrected chi connectivity index (χ2v) is 11.4. The molecule has 1 aromatic carbocycles. The van der Waals surface area contributed by atoms with Crippen LogP contribution in [0.3, 0.4) is 0 Å². The lowest BCUT2D eigenvalue weighted by Gasteiger charge is -2.26. The average Bonchev–Trinajstić information content (AvgIpc) is 3.25. The van der Waals surface area contributed by atoms with Gasteiger partial charge >= 0.3 is 0 Å². The summed E-state index contributed by atoms with van der Waals surface area (Å²) in [6.45, 7) is 8.82. The van der Waals surface area contributed by atoms with Gasteiger partial charge in [0, 0.05) is 42.5 Å². The first-order valence-electron chi connectivity index (χ1n) is 11.4. The zero-order valence-corrected chi connectivity index (χ0v) is 20.8. The van der Waals surface area contributed by atoms with Gasteiger partial charge in [0.15, 0.2) is 0 Å². The maximum atomic E-state index is 13.3. The van der Waals surface area contributed by atoms with E-state index in [2.05, 4.69) is 20.4 Å². The van der Waals surface area contributed by atoms with Crippen molar-refractivity contribution in [2.24, 2.45) is 0 Å². The summed E-state index contributed by atoms with van der Waals surface area (Å²) in [4.78, 5) is 21.9. The van der Waals surface area contributed by atoms with Crippen molar-refractivity contribution in [3.05, 3.63) is 59.5 Å². The number of carbonyl (C=O) groups excluding carboxylic acids is 1. The van der Waals surface area contributed by atoms with Crippen LogP contribution in [-0.2, 0) is 15.4 Å². The molecule has 1 amide bonds. The molecule has 180 valence electrons. The molecule has 10 heteroatoms. The van der Waals surface area contributed by atoms with Gasteiger partial charge < -0.3 is 5.32 Å². The second-order valence-electron chi connectivity index (χ2n) is 9.52. The largest absolute Gasteiger partial charge is 0.306 e. The number of amides is 1. The van der Waals surface area contributed by atoms with Gasteiger partial charge in [-0.25, -0.2) is 18.4 Å². The Labute approximate surface area is 200 Å². The first kappa shape index (κ1) is 24.0. The van der Waals surface area contributed by atoms with Crippen LogP contribution in [0.5, 0.6) is 0 Å². The number of benzene rings is 1. The van der Waals surface area contributed by atoms with E-state index in [9.17, 15) is 13.2 Å². The Balaban J connectivity index is 1.67. The summed E-state index contributed by atoms with van der Waals surface area (Å²) in [6.07, 6.45) is 5.93. The summed E-state index contributed by atoms with van der Waals surface area (Å²) in [5.74, 6) is 0.292. The lowest BCUT2D eigenvalue weighted by Crippen LogP contribution is -2.36. The molecule has 0 unspecified atom stereocenters. The van der Waals surface area contributed by atoms with Crippen LogP contribution in [0.15, 0.2) is 47.6 Å². The zero-order chi connectivity index (χ0) is 24.5. The summed E-state index contributed by atoms with van der Waals surface area (Å²) >= 11 is 0. The Morgan fingerprint density at radius 3 is 2.35 bits per heavy atom. The summed E-state index contributed by atoms with van der Waals surface area (Å²) in [5, 5.41) is 7.47. The van der Waals surface area contributed by atoms with Gasteiger partial charge in [0.1, 0.15) is 5.82 Å². The molecule has 0 atom stereocenters. The normalized spacial score (nSPS) is 15.3. The van der Waals surface area contributed by atoms with E-state index in [0.29, 0.717) is 30.4 Å². The van der Waals surface area contributed by atoms with Gasteiger partial charge in [-0.15, -0.1) is 0 Å². The lowest BCUT2D eigenvalue weighted by atomic mass is 9.92. The van der Waals surface area contributed by atoms with Crippen molar-refractivity contribution in [2.45, 2.75) is 57.3 Å². The second kappa shape index (κ2) is 9.27. The molecular formula is C24H30N6O3S. The SMILES string of the molecule is Cc1ccc(C(=O)Nc2cc(C(C)(C)C)nn2-c2ncccn2)cc1S(=O)(=O)N1CCCCC1. The van der Waals surface area contributed by atoms with Crippen LogP contribution in [0.25, 0.3) is 5.95 Å². The van der Waals surface area contributed by atoms with Crippen LogP contribution in [0.1, 0.15) is 61.6 Å². The van der Waals surface area contributed by atoms with Crippen LogP contribution in [0, 0.1) is 6.92 Å². The Morgan fingerprint density at radius 1 is 1.03 bits per heavy atom. The fourth-order valence-corrected chi connectivity index (χ4v) is 5.61. The first-order valence-corrected chi connectivity index (χ1v) is 12.8. The molecule has 1 fully saturated rings. The highest BCUT2D eigenvalue weighted by atomic mass is 32.2. The number of sulfonamides is 1. The predicted octanol–water partition coefficient (Wildman–Crippen LogP) is 3.70. The van der Waals surface area contributed by atoms with E-state index in [1.807, 2.05) is 20.8 Å². The number of rotatable bonds is 5. The van der Waals surface area contributed by atoms with E-state index in [1.165, 1.54) is 15.1 Å². The summed E-state index contributed by atoms with van der Waals surface area (Å²) in [6, 6.07) is 8.24. The van der Waals surface area contributed by atoms with Crippen LogP contribution >= 0.6 is 0 Å². The van der Waals surface area contributed by atoms with Gasteiger partial charge in [-0.3, -0.25) is 4.79 Å². The fraction of sp³-hybridized carbons (Fsp3) is 0.417. The smallest absolute Gasteiger partial charge is 0.256 e. The molecule has 0 bridgehead atoms. The zero-order valence-electron chi connectivity index (χ0n) is 19.9. The van der Waals surface area contributed by atoms with Gasteiger partial charge in [0.25, 0.3) is 11.9 Å². The Kier molecular flexibility index (Phi) is 6.55. The maximum Gasteiger partial charge on any atom is 0.256 e. The van der Waals surface area contributed by atoms with Crippen LogP contribution in [0.4, 0.5) is 5.82 Å². The molecule has 0 radical (unpaired) electrons. The third-order valence-corrected chi connectivity index (χ3v) is 7.88. The van der Waals surface area contributed by atoms with E-state index >= 15 is 0 Å². The Hall–Kier alpha value is -3.11. The lowest BCUT2D eigenvalue weighted by molar-refractivity contribution is 0.102. The fourth-order valence-electron chi connectivity index (χ4n) is 3.84. The minimum Gasteiger partial charge on any atom is -0.306 e. The van der Waals surface area contributed by atoms with E-state index in [0.717, 1.165) is 25.0 Å². The number of piperidine rings is 1. The summed E-state index contributed by atoms with van der Waals surface area (Å²) in [7, 11) is -3.67. The number of aromatic nitrogens is 4. The highest BCUT2D eigenvalue weighted by Gasteiger charge is 2.28. The van der Waals surface area contributed by atoms with Gasteiger partial charge in [-0.1, -0.05) is 33.3 Å². The van der Waals surface area contributed by atoms with Crippen molar-refractivity contribution >= 4 is 21.7 Å². The molecular weight excluding hydrogens is 452 g/mol. The number of hydrogen-bond donors (Lipinski definition) is 1. The van der Waals surface area contributed by atoms with Crippen molar-refractivity contribution < 1.29 is 13.2 Å². The molecule has 3 aromatic rings. The number of nitrogens with one attached hydrogen (secondary N) is 1. The molecule has 3 heterocycles. The van der Waals surface area contributed by atoms with Crippen LogP contribution in [-0.4, -0.2) is 51.5 Å². The van der Waals surface area contributed by atoms with Crippen molar-refractivity contribution in [3.8, 4) is 5.95 Å². The number of anilines is 1. The number of aryl methyl sites for hydroxylation is 1. The number of hydrogen-bond acceptors (Lipinski definition) is 6. The highest BCUT2D eigenvalue weighted by molar-refractivity contribution is 7.89. The monoisotopic (exact) mass is 482 g/mol. The molecule has 9 nitrogen and oxygen atoms in total. The molecule has 1 N–H and O–H groups in total. The standard InChI is InChI=1S/C24H30N6O3S/c1-17-9-10-18(15-19(17)34(32,33)29-13-6-5-7-14-29)22(31)27-21-16-20(24(2,3)4)28-30(21)23-25-11-8-12-26-23/h8-12,15-16H,5-7,13-14H2,1-4H3,(H,27,31). The first-order chi connectivity index (χ1) is 16.1. The third-order valence-electron chi connectivity index (χ3n) is 5.84. The molecule has 1 saturated heterocycles. The van der Waals surface area contributed by atoms with E-state index in [1.54, 1.807) is 43.6 Å². The minimum absolute atomic E-state index is 0.164. The maximum absolute atomic E-state index is 13.3. The molecule has 1 aliphatic heterocycles. The third kappa shape index (κ3) is 4.88. The van der Waals surface area contributed by atoms with Gasteiger partial charge in [-0.2, -0.15) is 14.1 Å². The van der Waals surface area contributed by atoms with Crippen LogP contribution in [0.2, 0.25) is 0 Å². The van der Waals surface area contributed by atoms with Gasteiger partial charge in [-0.05, 0) is 43.5 Å². The van der Waals surface area contributed by atoms with Crippen molar-refractivity contribution in [1.82, 2.24) is 24.1 Å². The van der Waals surface area contributed by atoms with Crippen LogP contribution < -0.4 is 5.32 Å². The molecule has 1 aliphatic rings. The molecule has 2 aromatic heterocycles. The molecule has 34 heavy (non-hydrogen) atoms. The van der Waals surface area contributed by atoms with Crippen molar-refractivity contribution in [1.29, 1.82) is 0 Å².